The van der Waals surface area contributed by atoms with Crippen molar-refractivity contribution in [2.75, 3.05) is 21.3 Å². The summed E-state index contributed by atoms with van der Waals surface area (Å²) in [6.45, 7) is 0. The first-order valence-corrected chi connectivity index (χ1v) is 11.7. The molecule has 0 amide bonds. The van der Waals surface area contributed by atoms with E-state index in [1.54, 1.807) is 26.0 Å². The third-order valence-corrected chi connectivity index (χ3v) is 7.11. The highest BCUT2D eigenvalue weighted by molar-refractivity contribution is 8.13. The number of hydrogen-bond donors (Lipinski definition) is 0. The zero-order valence-electron chi connectivity index (χ0n) is 18.7. The summed E-state index contributed by atoms with van der Waals surface area (Å²) in [5, 5.41) is 0.877. The average Bonchev–Trinajstić information content (AvgIpc) is 3.17. The molecule has 6 heteroatoms. The fourth-order valence-electron chi connectivity index (χ4n) is 4.31. The second-order valence-electron chi connectivity index (χ2n) is 7.92. The molecule has 1 aliphatic carbocycles. The number of aliphatic imine (C=N–C) groups is 1. The van der Waals surface area contributed by atoms with Crippen molar-refractivity contribution >= 4 is 28.4 Å². The lowest BCUT2D eigenvalue weighted by Crippen LogP contribution is -2.29. The highest BCUT2D eigenvalue weighted by Gasteiger charge is 2.40. The van der Waals surface area contributed by atoms with E-state index in [0.717, 1.165) is 50.4 Å². The van der Waals surface area contributed by atoms with E-state index in [4.69, 9.17) is 14.5 Å². The van der Waals surface area contributed by atoms with Gasteiger partial charge in [0.1, 0.15) is 17.5 Å². The number of methoxy groups -OCH3 is 2. The lowest BCUT2D eigenvalue weighted by atomic mass is 9.95. The maximum atomic E-state index is 13.5. The zero-order chi connectivity index (χ0) is 22.9. The Balaban J connectivity index is 1.54. The molecule has 1 unspecified atom stereocenters. The van der Waals surface area contributed by atoms with Gasteiger partial charge in [-0.2, -0.15) is 0 Å². The highest BCUT2D eigenvalue weighted by Crippen LogP contribution is 2.46. The summed E-state index contributed by atoms with van der Waals surface area (Å²) in [5.74, 6) is 2.39. The molecule has 166 valence electrons. The quantitative estimate of drug-likeness (QED) is 0.501. The van der Waals surface area contributed by atoms with Crippen molar-refractivity contribution in [3.8, 4) is 11.5 Å². The first-order chi connectivity index (χ1) is 16.1. The molecule has 2 aliphatic rings. The molecule has 0 N–H and O–H groups in total. The molecule has 0 fully saturated rings. The van der Waals surface area contributed by atoms with Crippen molar-refractivity contribution < 1.29 is 14.3 Å². The van der Waals surface area contributed by atoms with E-state index in [9.17, 15) is 4.79 Å². The summed E-state index contributed by atoms with van der Waals surface area (Å²) in [4.78, 5) is 20.6. The Bertz CT molecular complexity index is 1280. The minimum absolute atomic E-state index is 0.0447. The molecule has 0 aromatic heterocycles. The number of hydrogen-bond acceptors (Lipinski definition) is 6. The van der Waals surface area contributed by atoms with Gasteiger partial charge in [-0.1, -0.05) is 60.3 Å². The Labute approximate surface area is 197 Å². The summed E-state index contributed by atoms with van der Waals surface area (Å²) < 4.78 is 10.7. The van der Waals surface area contributed by atoms with E-state index in [1.165, 1.54) is 5.56 Å². The Morgan fingerprint density at radius 3 is 2.36 bits per heavy atom. The van der Waals surface area contributed by atoms with Crippen LogP contribution in [0.3, 0.4) is 0 Å². The van der Waals surface area contributed by atoms with Crippen LogP contribution < -0.4 is 9.47 Å². The minimum atomic E-state index is -0.385. The van der Waals surface area contributed by atoms with Crippen LogP contribution in [0.2, 0.25) is 0 Å². The van der Waals surface area contributed by atoms with Crippen LogP contribution in [-0.2, 0) is 5.75 Å². The fraction of sp³-hybridized carbons (Fsp3) is 0.185. The van der Waals surface area contributed by atoms with Crippen molar-refractivity contribution in [1.29, 1.82) is 0 Å². The summed E-state index contributed by atoms with van der Waals surface area (Å²) in [6, 6.07) is 23.3. The summed E-state index contributed by atoms with van der Waals surface area (Å²) >= 11 is 1.66. The predicted molar refractivity (Wildman–Crippen MR) is 133 cm³/mol. The van der Waals surface area contributed by atoms with Gasteiger partial charge in [0.25, 0.3) is 0 Å². The third kappa shape index (κ3) is 3.80. The van der Waals surface area contributed by atoms with E-state index in [0.29, 0.717) is 0 Å². The van der Waals surface area contributed by atoms with E-state index in [2.05, 4.69) is 17.0 Å². The molecule has 5 rings (SSSR count). The third-order valence-electron chi connectivity index (χ3n) is 6.00. The molecule has 0 saturated carbocycles. The second kappa shape index (κ2) is 8.79. The molecule has 0 saturated heterocycles. The molecule has 1 heterocycles. The van der Waals surface area contributed by atoms with Gasteiger partial charge in [-0.25, -0.2) is 4.99 Å². The van der Waals surface area contributed by atoms with Crippen molar-refractivity contribution in [3.63, 3.8) is 0 Å². The molecule has 1 atom stereocenters. The molecule has 0 bridgehead atoms. The summed E-state index contributed by atoms with van der Waals surface area (Å²) in [5.41, 5.74) is 5.48. The number of nitrogens with zero attached hydrogens (tertiary/aromatic N) is 2. The topological polar surface area (TPSA) is 51.1 Å². The molecule has 0 spiro atoms. The number of thioether (sulfide) groups is 1. The van der Waals surface area contributed by atoms with Gasteiger partial charge in [-0.15, -0.1) is 0 Å². The van der Waals surface area contributed by atoms with Gasteiger partial charge in [0.05, 0.1) is 25.5 Å². The Morgan fingerprint density at radius 1 is 0.909 bits per heavy atom. The van der Waals surface area contributed by atoms with Crippen LogP contribution in [0.5, 0.6) is 11.5 Å². The lowest BCUT2D eigenvalue weighted by molar-refractivity contribution is 0.103. The molecule has 5 nitrogen and oxygen atoms in total. The van der Waals surface area contributed by atoms with Crippen LogP contribution in [0.4, 0.5) is 0 Å². The highest BCUT2D eigenvalue weighted by atomic mass is 32.2. The molecular formula is C27H24N2O3S. The number of Topliss-reactive ketones (excluding diaryl/α,β-unsaturated/α-hetero) is 1. The van der Waals surface area contributed by atoms with E-state index in [1.807, 2.05) is 67.7 Å². The Morgan fingerprint density at radius 2 is 1.64 bits per heavy atom. The van der Waals surface area contributed by atoms with Crippen LogP contribution in [0.25, 0.3) is 5.70 Å². The number of ether oxygens (including phenoxy) is 2. The molecule has 3 aromatic carbocycles. The number of benzene rings is 3. The molecule has 1 aliphatic heterocycles. The summed E-state index contributed by atoms with van der Waals surface area (Å²) in [6.07, 6.45) is 0. The van der Waals surface area contributed by atoms with E-state index < -0.39 is 0 Å². The van der Waals surface area contributed by atoms with Gasteiger partial charge in [-0.05, 0) is 35.4 Å². The van der Waals surface area contributed by atoms with E-state index in [-0.39, 0.29) is 11.8 Å². The SMILES string of the molecule is COc1ccc(CSC2=NC(c3cccc(OC)c3)C3=C(c4ccccc4C3=O)N2C)cc1. The van der Waals surface area contributed by atoms with Crippen LogP contribution in [0.15, 0.2) is 83.4 Å². The number of ketones is 1. The largest absolute Gasteiger partial charge is 0.497 e. The van der Waals surface area contributed by atoms with Crippen LogP contribution in [-0.4, -0.2) is 37.1 Å². The van der Waals surface area contributed by atoms with Crippen LogP contribution in [0, 0.1) is 0 Å². The van der Waals surface area contributed by atoms with Gasteiger partial charge >= 0.3 is 0 Å². The van der Waals surface area contributed by atoms with Crippen molar-refractivity contribution in [1.82, 2.24) is 4.90 Å². The van der Waals surface area contributed by atoms with Gasteiger partial charge in [0.15, 0.2) is 11.0 Å². The molecule has 0 radical (unpaired) electrons. The number of rotatable bonds is 5. The standard InChI is InChI=1S/C27H24N2O3S/c1-29-25-21-9-4-5-10-22(21)26(30)23(25)24(18-7-6-8-20(15-18)32-3)28-27(29)33-16-17-11-13-19(31-2)14-12-17/h4-15,24H,16H2,1-3H3. The van der Waals surface area contributed by atoms with Gasteiger partial charge in [-0.3, -0.25) is 4.79 Å². The molecular weight excluding hydrogens is 432 g/mol. The maximum Gasteiger partial charge on any atom is 0.194 e. The van der Waals surface area contributed by atoms with Crippen molar-refractivity contribution in [2.24, 2.45) is 4.99 Å². The second-order valence-corrected chi connectivity index (χ2v) is 8.87. The van der Waals surface area contributed by atoms with Crippen molar-refractivity contribution in [3.05, 3.63) is 101 Å². The smallest absolute Gasteiger partial charge is 0.194 e. The molecule has 3 aromatic rings. The average molecular weight is 457 g/mol. The van der Waals surface area contributed by atoms with Crippen LogP contribution >= 0.6 is 11.8 Å². The Hall–Kier alpha value is -3.51. The normalized spacial score (nSPS) is 16.9. The number of carbonyl (C=O) groups excluding carboxylic acids is 1. The van der Waals surface area contributed by atoms with Gasteiger partial charge in [0, 0.05) is 23.9 Å². The Kier molecular flexibility index (Phi) is 5.68. The molecule has 33 heavy (non-hydrogen) atoms. The first-order valence-electron chi connectivity index (χ1n) is 10.7. The minimum Gasteiger partial charge on any atom is -0.497 e. The van der Waals surface area contributed by atoms with E-state index >= 15 is 0 Å². The van der Waals surface area contributed by atoms with Gasteiger partial charge in [0.2, 0.25) is 0 Å². The van der Waals surface area contributed by atoms with Gasteiger partial charge < -0.3 is 14.4 Å². The number of carbonyl (C=O) groups is 1. The lowest BCUT2D eigenvalue weighted by Gasteiger charge is -2.31. The van der Waals surface area contributed by atoms with Crippen molar-refractivity contribution in [2.45, 2.75) is 11.8 Å². The number of amidine groups is 1. The first kappa shape index (κ1) is 21.3. The monoisotopic (exact) mass is 456 g/mol. The summed E-state index contributed by atoms with van der Waals surface area (Å²) in [7, 11) is 5.31. The van der Waals surface area contributed by atoms with Crippen LogP contribution in [0.1, 0.15) is 33.1 Å². The number of fused-ring (bicyclic) bond motifs is 2. The maximum absolute atomic E-state index is 13.5. The predicted octanol–water partition coefficient (Wildman–Crippen LogP) is 5.59. The fourth-order valence-corrected chi connectivity index (χ4v) is 5.27. The zero-order valence-corrected chi connectivity index (χ0v) is 19.6.